The van der Waals surface area contributed by atoms with E-state index in [1.54, 1.807) is 0 Å². The molecule has 1 heterocycles. The molecule has 0 aromatic heterocycles. The van der Waals surface area contributed by atoms with Crippen LogP contribution in [0.25, 0.3) is 0 Å². The predicted octanol–water partition coefficient (Wildman–Crippen LogP) is 3.09. The number of nitrogens with zero attached hydrogens (tertiary/aromatic N) is 2. The molecule has 2 fully saturated rings. The number of hydrogen-bond acceptors (Lipinski definition) is 2. The lowest BCUT2D eigenvalue weighted by Gasteiger charge is -2.46. The molecule has 0 bridgehead atoms. The van der Waals surface area contributed by atoms with E-state index in [2.05, 4.69) is 23.6 Å². The first-order chi connectivity index (χ1) is 11.0. The highest BCUT2D eigenvalue weighted by Gasteiger charge is 2.35. The Kier molecular flexibility index (Phi) is 5.00. The van der Waals surface area contributed by atoms with Crippen LogP contribution in [-0.4, -0.2) is 47.4 Å². The zero-order valence-electron chi connectivity index (χ0n) is 14.2. The number of hydrogen-bond donors (Lipinski definition) is 0. The fraction of sp³-hybridized carbons (Fsp3) is 0.632. The van der Waals surface area contributed by atoms with Crippen molar-refractivity contribution in [3.05, 3.63) is 35.6 Å². The van der Waals surface area contributed by atoms with Crippen molar-refractivity contribution in [2.75, 3.05) is 19.6 Å². The molecule has 0 spiro atoms. The summed E-state index contributed by atoms with van der Waals surface area (Å²) >= 11 is 0. The van der Waals surface area contributed by atoms with E-state index in [1.807, 2.05) is 12.1 Å². The summed E-state index contributed by atoms with van der Waals surface area (Å²) in [6.45, 7) is 7.05. The third-order valence-corrected chi connectivity index (χ3v) is 5.44. The van der Waals surface area contributed by atoms with Gasteiger partial charge in [-0.05, 0) is 50.8 Å². The van der Waals surface area contributed by atoms with Crippen LogP contribution in [0.15, 0.2) is 24.3 Å². The Bertz CT molecular complexity index is 529. The van der Waals surface area contributed by atoms with Crippen LogP contribution in [0.3, 0.4) is 0 Å². The van der Waals surface area contributed by atoms with Crippen molar-refractivity contribution >= 4 is 5.91 Å². The standard InChI is InChI=1S/C19H27FN2O/c1-14-12-21(19(23)17-4-3-5-17)13-15(2)22(14)11-10-16-6-8-18(20)9-7-16/h6-9,14-15,17H,3-5,10-13H2,1-2H3. The van der Waals surface area contributed by atoms with E-state index in [-0.39, 0.29) is 5.82 Å². The molecule has 1 aliphatic carbocycles. The van der Waals surface area contributed by atoms with Gasteiger partial charge in [-0.25, -0.2) is 4.39 Å². The van der Waals surface area contributed by atoms with Crippen molar-refractivity contribution in [1.82, 2.24) is 9.80 Å². The summed E-state index contributed by atoms with van der Waals surface area (Å²) in [6.07, 6.45) is 4.28. The van der Waals surface area contributed by atoms with Gasteiger partial charge in [-0.3, -0.25) is 9.69 Å². The van der Waals surface area contributed by atoms with Crippen molar-refractivity contribution in [3.8, 4) is 0 Å². The van der Waals surface area contributed by atoms with Crippen molar-refractivity contribution in [1.29, 1.82) is 0 Å². The topological polar surface area (TPSA) is 23.6 Å². The average Bonchev–Trinajstić information content (AvgIpc) is 2.46. The van der Waals surface area contributed by atoms with Gasteiger partial charge in [-0.2, -0.15) is 0 Å². The van der Waals surface area contributed by atoms with Crippen LogP contribution in [0.2, 0.25) is 0 Å². The Morgan fingerprint density at radius 3 is 2.26 bits per heavy atom. The molecule has 23 heavy (non-hydrogen) atoms. The van der Waals surface area contributed by atoms with E-state index in [9.17, 15) is 9.18 Å². The lowest BCUT2D eigenvalue weighted by Crippen LogP contribution is -2.59. The highest BCUT2D eigenvalue weighted by Crippen LogP contribution is 2.29. The van der Waals surface area contributed by atoms with E-state index in [1.165, 1.54) is 24.1 Å². The van der Waals surface area contributed by atoms with Crippen LogP contribution in [-0.2, 0) is 11.2 Å². The molecule has 4 heteroatoms. The zero-order valence-corrected chi connectivity index (χ0v) is 14.2. The second-order valence-electron chi connectivity index (χ2n) is 7.18. The molecule has 1 aromatic carbocycles. The van der Waals surface area contributed by atoms with Crippen molar-refractivity contribution < 1.29 is 9.18 Å². The molecule has 2 unspecified atom stereocenters. The number of amides is 1. The maximum atomic E-state index is 13.0. The first-order valence-electron chi connectivity index (χ1n) is 8.83. The van der Waals surface area contributed by atoms with Gasteiger partial charge < -0.3 is 4.90 Å². The Labute approximate surface area is 138 Å². The SMILES string of the molecule is CC1CN(C(=O)C2CCC2)CC(C)N1CCc1ccc(F)cc1. The zero-order chi connectivity index (χ0) is 16.4. The minimum absolute atomic E-state index is 0.182. The second-order valence-corrected chi connectivity index (χ2v) is 7.18. The van der Waals surface area contributed by atoms with Crippen molar-refractivity contribution in [3.63, 3.8) is 0 Å². The highest BCUT2D eigenvalue weighted by atomic mass is 19.1. The highest BCUT2D eigenvalue weighted by molar-refractivity contribution is 5.79. The van der Waals surface area contributed by atoms with E-state index >= 15 is 0 Å². The number of halogens is 1. The van der Waals surface area contributed by atoms with Crippen LogP contribution in [0.5, 0.6) is 0 Å². The molecule has 2 aliphatic rings. The monoisotopic (exact) mass is 318 g/mol. The molecule has 0 radical (unpaired) electrons. The number of piperazine rings is 1. The number of carbonyl (C=O) groups excluding carboxylic acids is 1. The minimum atomic E-state index is -0.182. The third-order valence-electron chi connectivity index (χ3n) is 5.44. The van der Waals surface area contributed by atoms with Gasteiger partial charge in [0.15, 0.2) is 0 Å². The third kappa shape index (κ3) is 3.74. The van der Waals surface area contributed by atoms with E-state index in [0.717, 1.165) is 38.9 Å². The van der Waals surface area contributed by atoms with Crippen LogP contribution in [0.4, 0.5) is 4.39 Å². The van der Waals surface area contributed by atoms with Gasteiger partial charge in [-0.1, -0.05) is 18.6 Å². The van der Waals surface area contributed by atoms with Gasteiger partial charge in [0.2, 0.25) is 5.91 Å². The molecule has 1 saturated carbocycles. The second kappa shape index (κ2) is 7.00. The summed E-state index contributed by atoms with van der Waals surface area (Å²) in [5, 5.41) is 0. The summed E-state index contributed by atoms with van der Waals surface area (Å²) in [4.78, 5) is 17.0. The molecule has 1 saturated heterocycles. The van der Waals surface area contributed by atoms with Crippen LogP contribution >= 0.6 is 0 Å². The molecule has 126 valence electrons. The molecule has 3 nitrogen and oxygen atoms in total. The predicted molar refractivity (Wildman–Crippen MR) is 89.7 cm³/mol. The van der Waals surface area contributed by atoms with Crippen LogP contribution in [0.1, 0.15) is 38.7 Å². The summed E-state index contributed by atoms with van der Waals surface area (Å²) in [7, 11) is 0. The lowest BCUT2D eigenvalue weighted by molar-refractivity contribution is -0.142. The fourth-order valence-electron chi connectivity index (χ4n) is 3.80. The summed E-state index contributed by atoms with van der Waals surface area (Å²) < 4.78 is 13.0. The number of rotatable bonds is 4. The van der Waals surface area contributed by atoms with Gasteiger partial charge >= 0.3 is 0 Å². The summed E-state index contributed by atoms with van der Waals surface area (Å²) in [6, 6.07) is 7.53. The molecular weight excluding hydrogens is 291 g/mol. The lowest BCUT2D eigenvalue weighted by atomic mass is 9.84. The van der Waals surface area contributed by atoms with Crippen molar-refractivity contribution in [2.24, 2.45) is 5.92 Å². The molecule has 0 N–H and O–H groups in total. The Morgan fingerprint density at radius 1 is 1.13 bits per heavy atom. The largest absolute Gasteiger partial charge is 0.339 e. The molecule has 1 amide bonds. The molecule has 2 atom stereocenters. The van der Waals surface area contributed by atoms with Gasteiger partial charge in [0, 0.05) is 37.6 Å². The van der Waals surface area contributed by atoms with Gasteiger partial charge in [0.1, 0.15) is 5.82 Å². The minimum Gasteiger partial charge on any atom is -0.339 e. The quantitative estimate of drug-likeness (QED) is 0.852. The number of benzene rings is 1. The summed E-state index contributed by atoms with van der Waals surface area (Å²) in [5.74, 6) is 0.479. The smallest absolute Gasteiger partial charge is 0.225 e. The summed E-state index contributed by atoms with van der Waals surface area (Å²) in [5.41, 5.74) is 1.17. The fourth-order valence-corrected chi connectivity index (χ4v) is 3.80. The van der Waals surface area contributed by atoms with E-state index in [4.69, 9.17) is 0 Å². The average molecular weight is 318 g/mol. The maximum absolute atomic E-state index is 13.0. The maximum Gasteiger partial charge on any atom is 0.225 e. The van der Waals surface area contributed by atoms with Crippen molar-refractivity contribution in [2.45, 2.75) is 51.6 Å². The normalized spacial score (nSPS) is 26.1. The molecule has 1 aromatic rings. The number of carbonyl (C=O) groups is 1. The van der Waals surface area contributed by atoms with Gasteiger partial charge in [0.25, 0.3) is 0 Å². The molecule has 1 aliphatic heterocycles. The Balaban J connectivity index is 1.54. The first kappa shape index (κ1) is 16.4. The van der Waals surface area contributed by atoms with Crippen LogP contribution < -0.4 is 0 Å². The molecular formula is C19H27FN2O. The Morgan fingerprint density at radius 2 is 1.74 bits per heavy atom. The first-order valence-corrected chi connectivity index (χ1v) is 8.83. The van der Waals surface area contributed by atoms with Gasteiger partial charge in [-0.15, -0.1) is 0 Å². The van der Waals surface area contributed by atoms with E-state index in [0.29, 0.717) is 23.9 Å². The van der Waals surface area contributed by atoms with Crippen LogP contribution in [0, 0.1) is 11.7 Å². The van der Waals surface area contributed by atoms with Gasteiger partial charge in [0.05, 0.1) is 0 Å². The Hall–Kier alpha value is -1.42. The molecule has 3 rings (SSSR count). The van der Waals surface area contributed by atoms with E-state index < -0.39 is 0 Å².